The molecule has 0 unspecified atom stereocenters. The van der Waals surface area contributed by atoms with Crippen LogP contribution >= 0.6 is 11.6 Å². The molecule has 9 heteroatoms. The Balaban J connectivity index is 1.48. The average Bonchev–Trinajstić information content (AvgIpc) is 3.17. The molecular formula is C20H18ClFN4O3. The molecule has 3 rings (SSSR count). The van der Waals surface area contributed by atoms with Gasteiger partial charge in [0.25, 0.3) is 0 Å². The van der Waals surface area contributed by atoms with Crippen molar-refractivity contribution in [3.8, 4) is 11.4 Å². The SMILES string of the molecule is CN(CC(=O)Nc1ccc(Cl)cc1)C(=O)CCc1nc(-c2ccc(F)cc2)no1. The summed E-state index contributed by atoms with van der Waals surface area (Å²) in [5.74, 6) is -0.302. The third kappa shape index (κ3) is 5.86. The first kappa shape index (κ1) is 20.5. The lowest BCUT2D eigenvalue weighted by molar-refractivity contribution is -0.133. The number of anilines is 1. The van der Waals surface area contributed by atoms with Gasteiger partial charge < -0.3 is 14.7 Å². The molecule has 7 nitrogen and oxygen atoms in total. The Bertz CT molecular complexity index is 990. The van der Waals surface area contributed by atoms with Gasteiger partial charge in [-0.2, -0.15) is 4.98 Å². The standard InChI is InChI=1S/C20H18ClFN4O3/c1-26(12-17(27)23-16-8-4-14(21)5-9-16)19(28)11-10-18-24-20(25-29-18)13-2-6-15(22)7-3-13/h2-9H,10-12H2,1H3,(H,23,27). The second kappa shape index (κ2) is 9.29. The largest absolute Gasteiger partial charge is 0.339 e. The van der Waals surface area contributed by atoms with Gasteiger partial charge in [0.1, 0.15) is 5.82 Å². The van der Waals surface area contributed by atoms with Gasteiger partial charge in [0.15, 0.2) is 0 Å². The fourth-order valence-corrected chi connectivity index (χ4v) is 2.64. The van der Waals surface area contributed by atoms with Gasteiger partial charge in [0.2, 0.25) is 23.5 Å². The molecule has 1 aromatic heterocycles. The zero-order chi connectivity index (χ0) is 20.8. The molecule has 0 aliphatic carbocycles. The Labute approximate surface area is 171 Å². The summed E-state index contributed by atoms with van der Waals surface area (Å²) in [7, 11) is 1.54. The summed E-state index contributed by atoms with van der Waals surface area (Å²) in [6, 6.07) is 12.4. The molecule has 3 aromatic rings. The van der Waals surface area contributed by atoms with E-state index in [4.69, 9.17) is 16.1 Å². The average molecular weight is 417 g/mol. The van der Waals surface area contributed by atoms with E-state index in [-0.39, 0.29) is 42.9 Å². The van der Waals surface area contributed by atoms with E-state index < -0.39 is 0 Å². The van der Waals surface area contributed by atoms with Crippen molar-refractivity contribution in [2.75, 3.05) is 18.9 Å². The summed E-state index contributed by atoms with van der Waals surface area (Å²) in [6.45, 7) is -0.0911. The van der Waals surface area contributed by atoms with Crippen LogP contribution in [-0.4, -0.2) is 40.4 Å². The van der Waals surface area contributed by atoms with Crippen molar-refractivity contribution < 1.29 is 18.5 Å². The van der Waals surface area contributed by atoms with Crippen LogP contribution in [0.5, 0.6) is 0 Å². The number of carbonyl (C=O) groups excluding carboxylic acids is 2. The minimum Gasteiger partial charge on any atom is -0.339 e. The van der Waals surface area contributed by atoms with Crippen LogP contribution in [0.4, 0.5) is 10.1 Å². The van der Waals surface area contributed by atoms with E-state index in [1.165, 1.54) is 17.0 Å². The maximum Gasteiger partial charge on any atom is 0.243 e. The quantitative estimate of drug-likeness (QED) is 0.636. The molecule has 0 bridgehead atoms. The third-order valence-corrected chi connectivity index (χ3v) is 4.31. The highest BCUT2D eigenvalue weighted by Gasteiger charge is 2.16. The minimum atomic E-state index is -0.355. The van der Waals surface area contributed by atoms with Crippen molar-refractivity contribution in [2.45, 2.75) is 12.8 Å². The number of nitrogens with zero attached hydrogens (tertiary/aromatic N) is 3. The molecule has 0 radical (unpaired) electrons. The van der Waals surface area contributed by atoms with Crippen molar-refractivity contribution in [3.63, 3.8) is 0 Å². The maximum absolute atomic E-state index is 13.0. The Morgan fingerprint density at radius 1 is 1.14 bits per heavy atom. The van der Waals surface area contributed by atoms with Crippen LogP contribution in [-0.2, 0) is 16.0 Å². The summed E-state index contributed by atoms with van der Waals surface area (Å²) >= 11 is 5.80. The number of benzene rings is 2. The van der Waals surface area contributed by atoms with E-state index in [9.17, 15) is 14.0 Å². The zero-order valence-electron chi connectivity index (χ0n) is 15.6. The molecule has 0 saturated heterocycles. The third-order valence-electron chi connectivity index (χ3n) is 4.06. The second-order valence-electron chi connectivity index (χ2n) is 6.32. The summed E-state index contributed by atoms with van der Waals surface area (Å²) < 4.78 is 18.1. The van der Waals surface area contributed by atoms with Crippen LogP contribution in [0.2, 0.25) is 5.02 Å². The number of aromatic nitrogens is 2. The number of hydrogen-bond acceptors (Lipinski definition) is 5. The summed E-state index contributed by atoms with van der Waals surface area (Å²) in [5, 5.41) is 7.10. The van der Waals surface area contributed by atoms with Crippen molar-refractivity contribution >= 4 is 29.1 Å². The first-order valence-electron chi connectivity index (χ1n) is 8.78. The molecule has 0 atom stereocenters. The van der Waals surface area contributed by atoms with Crippen LogP contribution in [0.1, 0.15) is 12.3 Å². The van der Waals surface area contributed by atoms with E-state index in [1.54, 1.807) is 43.4 Å². The molecule has 29 heavy (non-hydrogen) atoms. The smallest absolute Gasteiger partial charge is 0.243 e. The predicted molar refractivity (Wildman–Crippen MR) is 106 cm³/mol. The Kier molecular flexibility index (Phi) is 6.56. The molecule has 0 aliphatic rings. The highest BCUT2D eigenvalue weighted by atomic mass is 35.5. The van der Waals surface area contributed by atoms with Crippen molar-refractivity contribution in [2.24, 2.45) is 0 Å². The number of nitrogens with one attached hydrogen (secondary N) is 1. The Morgan fingerprint density at radius 3 is 2.52 bits per heavy atom. The molecule has 150 valence electrons. The van der Waals surface area contributed by atoms with Crippen LogP contribution < -0.4 is 5.32 Å². The van der Waals surface area contributed by atoms with Gasteiger partial charge in [-0.05, 0) is 48.5 Å². The molecule has 0 fully saturated rings. The van der Waals surface area contributed by atoms with Gasteiger partial charge in [-0.1, -0.05) is 16.8 Å². The Hall–Kier alpha value is -3.26. The van der Waals surface area contributed by atoms with Crippen LogP contribution in [0.15, 0.2) is 53.1 Å². The van der Waals surface area contributed by atoms with E-state index in [1.807, 2.05) is 0 Å². The highest BCUT2D eigenvalue weighted by molar-refractivity contribution is 6.30. The molecule has 0 saturated carbocycles. The monoisotopic (exact) mass is 416 g/mol. The maximum atomic E-state index is 13.0. The highest BCUT2D eigenvalue weighted by Crippen LogP contribution is 2.17. The van der Waals surface area contributed by atoms with Gasteiger partial charge in [-0.15, -0.1) is 0 Å². The van der Waals surface area contributed by atoms with E-state index >= 15 is 0 Å². The molecule has 0 spiro atoms. The summed E-state index contributed by atoms with van der Waals surface area (Å²) in [6.07, 6.45) is 0.339. The number of carbonyl (C=O) groups is 2. The summed E-state index contributed by atoms with van der Waals surface area (Å²) in [5.41, 5.74) is 1.21. The van der Waals surface area contributed by atoms with Crippen molar-refractivity contribution in [1.82, 2.24) is 15.0 Å². The minimum absolute atomic E-state index is 0.0911. The number of aryl methyl sites for hydroxylation is 1. The normalized spacial score (nSPS) is 10.6. The number of amides is 2. The lowest BCUT2D eigenvalue weighted by atomic mass is 10.2. The first-order chi connectivity index (χ1) is 13.9. The van der Waals surface area contributed by atoms with Crippen molar-refractivity contribution in [3.05, 3.63) is 65.3 Å². The van der Waals surface area contributed by atoms with Crippen LogP contribution in [0.3, 0.4) is 0 Å². The summed E-state index contributed by atoms with van der Waals surface area (Å²) in [4.78, 5) is 29.9. The van der Waals surface area contributed by atoms with Gasteiger partial charge in [0, 0.05) is 36.2 Å². The fourth-order valence-electron chi connectivity index (χ4n) is 2.51. The van der Waals surface area contributed by atoms with Gasteiger partial charge in [0.05, 0.1) is 6.54 Å². The topological polar surface area (TPSA) is 88.3 Å². The van der Waals surface area contributed by atoms with E-state index in [0.717, 1.165) is 0 Å². The number of likely N-dealkylation sites (N-methyl/N-ethyl adjacent to an activating group) is 1. The lowest BCUT2D eigenvalue weighted by Gasteiger charge is -2.16. The van der Waals surface area contributed by atoms with Crippen LogP contribution in [0, 0.1) is 5.82 Å². The number of hydrogen-bond donors (Lipinski definition) is 1. The predicted octanol–water partition coefficient (Wildman–Crippen LogP) is 3.56. The number of rotatable bonds is 7. The van der Waals surface area contributed by atoms with E-state index in [0.29, 0.717) is 22.1 Å². The van der Waals surface area contributed by atoms with Crippen LogP contribution in [0.25, 0.3) is 11.4 Å². The molecular weight excluding hydrogens is 399 g/mol. The molecule has 1 N–H and O–H groups in total. The number of halogens is 2. The lowest BCUT2D eigenvalue weighted by Crippen LogP contribution is -2.35. The van der Waals surface area contributed by atoms with Gasteiger partial charge in [-0.3, -0.25) is 9.59 Å². The molecule has 2 aromatic carbocycles. The Morgan fingerprint density at radius 2 is 1.83 bits per heavy atom. The first-order valence-corrected chi connectivity index (χ1v) is 9.16. The molecule has 2 amide bonds. The molecule has 1 heterocycles. The van der Waals surface area contributed by atoms with Crippen molar-refractivity contribution in [1.29, 1.82) is 0 Å². The van der Waals surface area contributed by atoms with Gasteiger partial charge >= 0.3 is 0 Å². The zero-order valence-corrected chi connectivity index (χ0v) is 16.3. The molecule has 0 aliphatic heterocycles. The fraction of sp³-hybridized carbons (Fsp3) is 0.200. The second-order valence-corrected chi connectivity index (χ2v) is 6.76. The van der Waals surface area contributed by atoms with Gasteiger partial charge in [-0.25, -0.2) is 4.39 Å². The van der Waals surface area contributed by atoms with E-state index in [2.05, 4.69) is 15.5 Å².